The predicted octanol–water partition coefficient (Wildman–Crippen LogP) is 2.98. The first-order valence-corrected chi connectivity index (χ1v) is 7.79. The molecule has 2 rings (SSSR count). The Labute approximate surface area is 134 Å². The molecular formula is C17H21N3O3. The number of aromatic nitrogens is 2. The number of carbonyl (C=O) groups excluding carboxylic acids is 1. The van der Waals surface area contributed by atoms with Crippen LogP contribution in [0.5, 0.6) is 5.75 Å². The summed E-state index contributed by atoms with van der Waals surface area (Å²) in [5, 5.41) is 8.62. The van der Waals surface area contributed by atoms with Crippen LogP contribution in [0, 0.1) is 0 Å². The van der Waals surface area contributed by atoms with Gasteiger partial charge in [-0.25, -0.2) is 5.10 Å². The number of aromatic amines is 1. The van der Waals surface area contributed by atoms with Crippen molar-refractivity contribution in [2.24, 2.45) is 0 Å². The molecule has 0 spiro atoms. The lowest BCUT2D eigenvalue weighted by atomic mass is 10.2. The Bertz CT molecular complexity index is 660. The van der Waals surface area contributed by atoms with Crippen LogP contribution in [0.4, 0.5) is 5.69 Å². The first kappa shape index (κ1) is 16.7. The number of unbranched alkanes of at least 4 members (excludes halogenated alkanes) is 3. The van der Waals surface area contributed by atoms with E-state index in [9.17, 15) is 9.59 Å². The summed E-state index contributed by atoms with van der Waals surface area (Å²) in [6, 6.07) is 9.81. The third-order valence-corrected chi connectivity index (χ3v) is 3.29. The van der Waals surface area contributed by atoms with Gasteiger partial charge in [0.05, 0.1) is 6.61 Å². The fraction of sp³-hybridized carbons (Fsp3) is 0.353. The highest BCUT2D eigenvalue weighted by molar-refractivity contribution is 6.02. The zero-order chi connectivity index (χ0) is 16.5. The average Bonchev–Trinajstić information content (AvgIpc) is 2.57. The van der Waals surface area contributed by atoms with Crippen LogP contribution >= 0.6 is 0 Å². The van der Waals surface area contributed by atoms with Gasteiger partial charge in [0.2, 0.25) is 0 Å². The minimum Gasteiger partial charge on any atom is -0.494 e. The lowest BCUT2D eigenvalue weighted by Crippen LogP contribution is -2.17. The molecule has 0 radical (unpaired) electrons. The highest BCUT2D eigenvalue weighted by atomic mass is 16.5. The van der Waals surface area contributed by atoms with Gasteiger partial charge in [-0.3, -0.25) is 9.59 Å². The van der Waals surface area contributed by atoms with E-state index in [1.54, 1.807) is 12.1 Å². The monoisotopic (exact) mass is 315 g/mol. The lowest BCUT2D eigenvalue weighted by Gasteiger charge is -2.08. The topological polar surface area (TPSA) is 84.1 Å². The van der Waals surface area contributed by atoms with Crippen LogP contribution in [0.2, 0.25) is 0 Å². The molecule has 0 atom stereocenters. The van der Waals surface area contributed by atoms with Crippen molar-refractivity contribution in [1.29, 1.82) is 0 Å². The number of anilines is 1. The maximum absolute atomic E-state index is 12.0. The minimum absolute atomic E-state index is 0.154. The molecule has 0 fully saturated rings. The SMILES string of the molecule is CCCCCCOc1ccc(NC(=O)c2ccc(=O)[nH]n2)cc1. The second-order valence-corrected chi connectivity index (χ2v) is 5.19. The van der Waals surface area contributed by atoms with Gasteiger partial charge < -0.3 is 10.1 Å². The number of amides is 1. The molecule has 1 amide bonds. The summed E-state index contributed by atoms with van der Waals surface area (Å²) in [7, 11) is 0. The molecule has 2 aromatic rings. The second kappa shape index (κ2) is 8.73. The summed E-state index contributed by atoms with van der Waals surface area (Å²) in [6.45, 7) is 2.88. The predicted molar refractivity (Wildman–Crippen MR) is 88.9 cm³/mol. The third-order valence-electron chi connectivity index (χ3n) is 3.29. The molecule has 0 aliphatic rings. The summed E-state index contributed by atoms with van der Waals surface area (Å²) in [5.41, 5.74) is 0.448. The van der Waals surface area contributed by atoms with Crippen molar-refractivity contribution < 1.29 is 9.53 Å². The Morgan fingerprint density at radius 3 is 2.57 bits per heavy atom. The molecule has 122 valence electrons. The first-order valence-electron chi connectivity index (χ1n) is 7.79. The molecular weight excluding hydrogens is 294 g/mol. The van der Waals surface area contributed by atoms with Gasteiger partial charge in [-0.15, -0.1) is 0 Å². The number of nitrogens with zero attached hydrogens (tertiary/aromatic N) is 1. The fourth-order valence-electron chi connectivity index (χ4n) is 2.02. The Morgan fingerprint density at radius 2 is 1.91 bits per heavy atom. The molecule has 1 aromatic carbocycles. The number of ether oxygens (including phenoxy) is 1. The molecule has 0 unspecified atom stereocenters. The van der Waals surface area contributed by atoms with Crippen LogP contribution in [0.15, 0.2) is 41.2 Å². The zero-order valence-electron chi connectivity index (χ0n) is 13.2. The molecule has 0 aliphatic carbocycles. The normalized spacial score (nSPS) is 10.3. The Morgan fingerprint density at radius 1 is 1.13 bits per heavy atom. The van der Waals surface area contributed by atoms with E-state index in [1.807, 2.05) is 12.1 Å². The standard InChI is InChI=1S/C17H21N3O3/c1-2-3-4-5-12-23-14-8-6-13(7-9-14)18-17(22)15-10-11-16(21)20-19-15/h6-11H,2-5,12H2,1H3,(H,18,22)(H,20,21). The maximum atomic E-state index is 12.0. The number of hydrogen-bond acceptors (Lipinski definition) is 4. The summed E-state index contributed by atoms with van der Waals surface area (Å²) in [6.07, 6.45) is 4.66. The van der Waals surface area contributed by atoms with Crippen LogP contribution < -0.4 is 15.6 Å². The van der Waals surface area contributed by atoms with Crippen LogP contribution in [0.25, 0.3) is 0 Å². The lowest BCUT2D eigenvalue weighted by molar-refractivity contribution is 0.102. The third kappa shape index (κ3) is 5.58. The van der Waals surface area contributed by atoms with Gasteiger partial charge >= 0.3 is 0 Å². The van der Waals surface area contributed by atoms with Crippen molar-refractivity contribution in [1.82, 2.24) is 10.2 Å². The number of carbonyl (C=O) groups is 1. The van der Waals surface area contributed by atoms with Gasteiger partial charge in [0.1, 0.15) is 11.4 Å². The molecule has 0 saturated carbocycles. The quantitative estimate of drug-likeness (QED) is 0.733. The highest BCUT2D eigenvalue weighted by Gasteiger charge is 2.07. The van der Waals surface area contributed by atoms with Crippen molar-refractivity contribution >= 4 is 11.6 Å². The summed E-state index contributed by atoms with van der Waals surface area (Å²) in [4.78, 5) is 22.9. The van der Waals surface area contributed by atoms with Crippen molar-refractivity contribution in [3.8, 4) is 5.75 Å². The van der Waals surface area contributed by atoms with Crippen molar-refractivity contribution in [3.63, 3.8) is 0 Å². The molecule has 6 nitrogen and oxygen atoms in total. The summed E-state index contributed by atoms with van der Waals surface area (Å²) < 4.78 is 5.65. The van der Waals surface area contributed by atoms with E-state index in [1.165, 1.54) is 31.4 Å². The molecule has 6 heteroatoms. The van der Waals surface area contributed by atoms with Crippen LogP contribution in [-0.2, 0) is 0 Å². The second-order valence-electron chi connectivity index (χ2n) is 5.19. The molecule has 0 bridgehead atoms. The number of hydrogen-bond donors (Lipinski definition) is 2. The molecule has 1 aromatic heterocycles. The molecule has 0 aliphatic heterocycles. The van der Waals surface area contributed by atoms with Gasteiger partial charge in [-0.2, -0.15) is 5.10 Å². The van der Waals surface area contributed by atoms with Gasteiger partial charge in [-0.1, -0.05) is 26.2 Å². The number of rotatable bonds is 8. The molecule has 0 saturated heterocycles. The maximum Gasteiger partial charge on any atom is 0.276 e. The van der Waals surface area contributed by atoms with Crippen LogP contribution in [0.3, 0.4) is 0 Å². The van der Waals surface area contributed by atoms with E-state index >= 15 is 0 Å². The Kier molecular flexibility index (Phi) is 6.35. The average molecular weight is 315 g/mol. The number of benzene rings is 1. The van der Waals surface area contributed by atoms with E-state index in [-0.39, 0.29) is 17.2 Å². The van der Waals surface area contributed by atoms with E-state index in [2.05, 4.69) is 22.4 Å². The van der Waals surface area contributed by atoms with E-state index in [0.29, 0.717) is 12.3 Å². The van der Waals surface area contributed by atoms with E-state index in [0.717, 1.165) is 12.2 Å². The summed E-state index contributed by atoms with van der Waals surface area (Å²) in [5.74, 6) is 0.399. The minimum atomic E-state index is -0.380. The Hall–Kier alpha value is -2.63. The Balaban J connectivity index is 1.83. The largest absolute Gasteiger partial charge is 0.494 e. The summed E-state index contributed by atoms with van der Waals surface area (Å²) >= 11 is 0. The first-order chi connectivity index (χ1) is 11.2. The van der Waals surface area contributed by atoms with Crippen LogP contribution in [0.1, 0.15) is 43.1 Å². The molecule has 1 heterocycles. The fourth-order valence-corrected chi connectivity index (χ4v) is 2.02. The molecule has 2 N–H and O–H groups in total. The molecule has 23 heavy (non-hydrogen) atoms. The van der Waals surface area contributed by atoms with E-state index in [4.69, 9.17) is 4.74 Å². The number of nitrogens with one attached hydrogen (secondary N) is 2. The smallest absolute Gasteiger partial charge is 0.276 e. The number of H-pyrrole nitrogens is 1. The van der Waals surface area contributed by atoms with Gasteiger partial charge in [-0.05, 0) is 36.8 Å². The van der Waals surface area contributed by atoms with Crippen molar-refractivity contribution in [3.05, 3.63) is 52.4 Å². The zero-order valence-corrected chi connectivity index (χ0v) is 13.2. The van der Waals surface area contributed by atoms with E-state index < -0.39 is 0 Å². The van der Waals surface area contributed by atoms with Gasteiger partial charge in [0.25, 0.3) is 11.5 Å². The van der Waals surface area contributed by atoms with Crippen molar-refractivity contribution in [2.75, 3.05) is 11.9 Å². The van der Waals surface area contributed by atoms with Gasteiger partial charge in [0.15, 0.2) is 0 Å². The van der Waals surface area contributed by atoms with Gasteiger partial charge in [0, 0.05) is 11.8 Å². The van der Waals surface area contributed by atoms with Crippen LogP contribution in [-0.4, -0.2) is 22.7 Å². The van der Waals surface area contributed by atoms with Crippen molar-refractivity contribution in [2.45, 2.75) is 32.6 Å². The highest BCUT2D eigenvalue weighted by Crippen LogP contribution is 2.16.